The number of benzene rings is 2. The molecule has 1 aromatic heterocycles. The molecule has 2 aromatic carbocycles. The number of aromatic nitrogens is 3. The van der Waals surface area contributed by atoms with Gasteiger partial charge in [-0.25, -0.2) is 0 Å². The van der Waals surface area contributed by atoms with Gasteiger partial charge in [-0.1, -0.05) is 48.0 Å². The monoisotopic (exact) mass is 353 g/mol. The molecule has 128 valence electrons. The highest BCUT2D eigenvalue weighted by molar-refractivity contribution is 6.33. The summed E-state index contributed by atoms with van der Waals surface area (Å²) in [7, 11) is 1.94. The number of hydrogen-bond donors (Lipinski definition) is 1. The largest absolute Gasteiger partial charge is 0.338 e. The fourth-order valence-corrected chi connectivity index (χ4v) is 3.01. The van der Waals surface area contributed by atoms with Crippen LogP contribution in [0.5, 0.6) is 0 Å². The van der Waals surface area contributed by atoms with E-state index < -0.39 is 0 Å². The molecule has 0 saturated carbocycles. The normalized spacial score (nSPS) is 10.6. The number of halogens is 1. The average molecular weight is 354 g/mol. The summed E-state index contributed by atoms with van der Waals surface area (Å²) in [5.41, 5.74) is 4.20. The molecule has 0 aliphatic carbocycles. The topological polar surface area (TPSA) is 53.9 Å². The molecular formula is C19H20ClN5. The van der Waals surface area contributed by atoms with Gasteiger partial charge in [0.15, 0.2) is 5.82 Å². The van der Waals surface area contributed by atoms with Crippen molar-refractivity contribution in [1.29, 1.82) is 0 Å². The van der Waals surface area contributed by atoms with Crippen LogP contribution in [0, 0.1) is 13.8 Å². The standard InChI is InChI=1S/C19H20ClN5/c1-13-9-14(2)18(16(20)10-13)22-17-11-21-24-19(23-17)25(3)12-15-7-5-4-6-8-15/h4-11H,12H2,1-3H3,(H,22,23,24). The summed E-state index contributed by atoms with van der Waals surface area (Å²) in [6.07, 6.45) is 1.59. The smallest absolute Gasteiger partial charge is 0.247 e. The minimum absolute atomic E-state index is 0.551. The van der Waals surface area contributed by atoms with E-state index in [1.807, 2.05) is 50.1 Å². The molecule has 5 nitrogen and oxygen atoms in total. The molecule has 0 bridgehead atoms. The van der Waals surface area contributed by atoms with Gasteiger partial charge in [0.05, 0.1) is 16.9 Å². The van der Waals surface area contributed by atoms with Crippen LogP contribution in [-0.4, -0.2) is 22.2 Å². The fourth-order valence-electron chi connectivity index (χ4n) is 2.65. The van der Waals surface area contributed by atoms with Gasteiger partial charge in [-0.05, 0) is 36.6 Å². The lowest BCUT2D eigenvalue weighted by molar-refractivity contribution is 0.831. The van der Waals surface area contributed by atoms with Gasteiger partial charge in [-0.2, -0.15) is 10.1 Å². The fraction of sp³-hybridized carbons (Fsp3) is 0.211. The van der Waals surface area contributed by atoms with Crippen LogP contribution in [0.3, 0.4) is 0 Å². The zero-order valence-electron chi connectivity index (χ0n) is 14.5. The molecule has 25 heavy (non-hydrogen) atoms. The Balaban J connectivity index is 1.80. The van der Waals surface area contributed by atoms with E-state index in [1.54, 1.807) is 6.20 Å². The highest BCUT2D eigenvalue weighted by Crippen LogP contribution is 2.29. The predicted octanol–water partition coefficient (Wildman–Crippen LogP) is 4.52. The molecule has 3 rings (SSSR count). The lowest BCUT2D eigenvalue weighted by atomic mass is 10.1. The van der Waals surface area contributed by atoms with Gasteiger partial charge in [0.25, 0.3) is 0 Å². The summed E-state index contributed by atoms with van der Waals surface area (Å²) in [6.45, 7) is 4.74. The second-order valence-electron chi connectivity index (χ2n) is 6.05. The summed E-state index contributed by atoms with van der Waals surface area (Å²) in [6, 6.07) is 14.2. The second kappa shape index (κ2) is 7.49. The van der Waals surface area contributed by atoms with Gasteiger partial charge in [0.2, 0.25) is 5.95 Å². The third-order valence-electron chi connectivity index (χ3n) is 3.84. The third-order valence-corrected chi connectivity index (χ3v) is 4.13. The van der Waals surface area contributed by atoms with E-state index in [1.165, 1.54) is 5.56 Å². The Morgan fingerprint density at radius 1 is 1.12 bits per heavy atom. The summed E-state index contributed by atoms with van der Waals surface area (Å²) < 4.78 is 0. The first-order valence-corrected chi connectivity index (χ1v) is 8.39. The van der Waals surface area contributed by atoms with Crippen LogP contribution in [0.25, 0.3) is 0 Å². The number of anilines is 3. The Bertz CT molecular complexity index is 844. The van der Waals surface area contributed by atoms with Gasteiger partial charge >= 0.3 is 0 Å². The highest BCUT2D eigenvalue weighted by atomic mass is 35.5. The summed E-state index contributed by atoms with van der Waals surface area (Å²) in [5, 5.41) is 12.1. The maximum absolute atomic E-state index is 6.36. The number of aryl methyl sites for hydroxylation is 2. The van der Waals surface area contributed by atoms with Crippen molar-refractivity contribution in [2.24, 2.45) is 0 Å². The second-order valence-corrected chi connectivity index (χ2v) is 6.45. The first kappa shape index (κ1) is 17.2. The molecule has 0 radical (unpaired) electrons. The van der Waals surface area contributed by atoms with Crippen LogP contribution in [0.15, 0.2) is 48.7 Å². The van der Waals surface area contributed by atoms with Gasteiger partial charge in [-0.3, -0.25) is 0 Å². The van der Waals surface area contributed by atoms with Crippen LogP contribution in [0.2, 0.25) is 5.02 Å². The van der Waals surface area contributed by atoms with E-state index in [4.69, 9.17) is 11.6 Å². The number of nitrogens with one attached hydrogen (secondary N) is 1. The predicted molar refractivity (Wildman–Crippen MR) is 103 cm³/mol. The molecule has 0 fully saturated rings. The van der Waals surface area contributed by atoms with Crippen molar-refractivity contribution in [1.82, 2.24) is 15.2 Å². The molecule has 0 spiro atoms. The molecule has 1 heterocycles. The van der Waals surface area contributed by atoms with Crippen LogP contribution in [0.4, 0.5) is 17.5 Å². The van der Waals surface area contributed by atoms with Crippen molar-refractivity contribution >= 4 is 29.1 Å². The van der Waals surface area contributed by atoms with Gasteiger partial charge in [0, 0.05) is 13.6 Å². The molecule has 1 N–H and O–H groups in total. The van der Waals surface area contributed by atoms with Crippen LogP contribution < -0.4 is 10.2 Å². The van der Waals surface area contributed by atoms with Crippen molar-refractivity contribution in [3.05, 3.63) is 70.4 Å². The Hall–Kier alpha value is -2.66. The first-order chi connectivity index (χ1) is 12.0. The summed E-state index contributed by atoms with van der Waals surface area (Å²) >= 11 is 6.36. The zero-order valence-corrected chi connectivity index (χ0v) is 15.2. The van der Waals surface area contributed by atoms with E-state index in [0.29, 0.717) is 23.3 Å². The molecule has 3 aromatic rings. The molecule has 0 saturated heterocycles. The molecular weight excluding hydrogens is 334 g/mol. The lowest BCUT2D eigenvalue weighted by Gasteiger charge is -2.17. The maximum Gasteiger partial charge on any atom is 0.247 e. The summed E-state index contributed by atoms with van der Waals surface area (Å²) in [4.78, 5) is 6.51. The summed E-state index contributed by atoms with van der Waals surface area (Å²) in [5.74, 6) is 1.16. The van der Waals surface area contributed by atoms with Crippen molar-refractivity contribution in [3.8, 4) is 0 Å². The lowest BCUT2D eigenvalue weighted by Crippen LogP contribution is -2.20. The van der Waals surface area contributed by atoms with Crippen LogP contribution in [-0.2, 0) is 6.54 Å². The Morgan fingerprint density at radius 2 is 1.88 bits per heavy atom. The molecule has 0 aliphatic heterocycles. The molecule has 0 aliphatic rings. The van der Waals surface area contributed by atoms with E-state index in [9.17, 15) is 0 Å². The van der Waals surface area contributed by atoms with Crippen LogP contribution in [0.1, 0.15) is 16.7 Å². The Kier molecular flexibility index (Phi) is 5.14. The van der Waals surface area contributed by atoms with Crippen LogP contribution >= 0.6 is 11.6 Å². The zero-order chi connectivity index (χ0) is 17.8. The molecule has 6 heteroatoms. The maximum atomic E-state index is 6.36. The van der Waals surface area contributed by atoms with E-state index in [0.717, 1.165) is 16.8 Å². The number of hydrogen-bond acceptors (Lipinski definition) is 5. The van der Waals surface area contributed by atoms with E-state index in [-0.39, 0.29) is 0 Å². The van der Waals surface area contributed by atoms with Crippen molar-refractivity contribution < 1.29 is 0 Å². The van der Waals surface area contributed by atoms with Crippen molar-refractivity contribution in [2.45, 2.75) is 20.4 Å². The van der Waals surface area contributed by atoms with E-state index >= 15 is 0 Å². The molecule has 0 unspecified atom stereocenters. The number of rotatable bonds is 5. The van der Waals surface area contributed by atoms with Crippen molar-refractivity contribution in [3.63, 3.8) is 0 Å². The average Bonchev–Trinajstić information content (AvgIpc) is 2.59. The van der Waals surface area contributed by atoms with E-state index in [2.05, 4.69) is 38.7 Å². The number of nitrogens with zero attached hydrogens (tertiary/aromatic N) is 4. The minimum Gasteiger partial charge on any atom is -0.338 e. The third kappa shape index (κ3) is 4.25. The van der Waals surface area contributed by atoms with Crippen molar-refractivity contribution in [2.75, 3.05) is 17.3 Å². The Morgan fingerprint density at radius 3 is 2.60 bits per heavy atom. The molecule has 0 amide bonds. The SMILES string of the molecule is Cc1cc(C)c(Nc2cnnc(N(C)Cc3ccccc3)n2)c(Cl)c1. The van der Waals surface area contributed by atoms with Gasteiger partial charge in [0.1, 0.15) is 0 Å². The molecule has 0 atom stereocenters. The quantitative estimate of drug-likeness (QED) is 0.730. The first-order valence-electron chi connectivity index (χ1n) is 8.01. The Labute approximate surface area is 152 Å². The van der Waals surface area contributed by atoms with Gasteiger partial charge in [-0.15, -0.1) is 5.10 Å². The highest BCUT2D eigenvalue weighted by Gasteiger charge is 2.10. The minimum atomic E-state index is 0.551. The van der Waals surface area contributed by atoms with Gasteiger partial charge < -0.3 is 10.2 Å².